The normalized spacial score (nSPS) is 20.0. The third-order valence-corrected chi connectivity index (χ3v) is 5.98. The van der Waals surface area contributed by atoms with E-state index >= 15 is 0 Å². The van der Waals surface area contributed by atoms with Gasteiger partial charge in [0.25, 0.3) is 5.91 Å². The molecule has 1 aromatic rings. The first kappa shape index (κ1) is 18.0. The molecule has 0 radical (unpaired) electrons. The summed E-state index contributed by atoms with van der Waals surface area (Å²) in [5, 5.41) is 0. The van der Waals surface area contributed by atoms with Crippen LogP contribution in [0, 0.1) is 25.7 Å². The number of carbonyl (C=O) groups excluding carboxylic acids is 2. The summed E-state index contributed by atoms with van der Waals surface area (Å²) in [6.45, 7) is 9.54. The van der Waals surface area contributed by atoms with Crippen LogP contribution in [0.5, 0.6) is 0 Å². The standard InChI is InChI=1S/C21H30N2O2/c1-15-6-10-22(11-7-15)20(24)18-8-12-23(13-9-18)21(25)19-5-4-16(2)17(3)14-19/h4-5,14-15,18H,6-13H2,1-3H3. The predicted octanol–water partition coefficient (Wildman–Crippen LogP) is 3.41. The van der Waals surface area contributed by atoms with Crippen molar-refractivity contribution >= 4 is 11.8 Å². The summed E-state index contributed by atoms with van der Waals surface area (Å²) >= 11 is 0. The van der Waals surface area contributed by atoms with Gasteiger partial charge < -0.3 is 9.80 Å². The van der Waals surface area contributed by atoms with Gasteiger partial charge in [0, 0.05) is 37.7 Å². The Morgan fingerprint density at radius 1 is 0.880 bits per heavy atom. The zero-order valence-corrected chi connectivity index (χ0v) is 15.8. The molecule has 2 aliphatic heterocycles. The number of carbonyl (C=O) groups is 2. The number of hydrogen-bond donors (Lipinski definition) is 0. The van der Waals surface area contributed by atoms with Gasteiger partial charge in [-0.2, -0.15) is 0 Å². The lowest BCUT2D eigenvalue weighted by molar-refractivity contribution is -0.138. The van der Waals surface area contributed by atoms with Crippen molar-refractivity contribution in [1.82, 2.24) is 9.80 Å². The molecule has 4 nitrogen and oxygen atoms in total. The second kappa shape index (κ2) is 7.59. The Balaban J connectivity index is 1.55. The lowest BCUT2D eigenvalue weighted by Crippen LogP contribution is -2.46. The number of aryl methyl sites for hydroxylation is 2. The van der Waals surface area contributed by atoms with Gasteiger partial charge in [-0.25, -0.2) is 0 Å². The Labute approximate surface area is 151 Å². The van der Waals surface area contributed by atoms with E-state index < -0.39 is 0 Å². The minimum absolute atomic E-state index is 0.0946. The lowest BCUT2D eigenvalue weighted by atomic mass is 9.92. The fraction of sp³-hybridized carbons (Fsp3) is 0.619. The third kappa shape index (κ3) is 4.05. The zero-order chi connectivity index (χ0) is 18.0. The average molecular weight is 342 g/mol. The highest BCUT2D eigenvalue weighted by molar-refractivity contribution is 5.94. The molecule has 0 N–H and O–H groups in total. The van der Waals surface area contributed by atoms with Gasteiger partial charge in [0.2, 0.25) is 5.91 Å². The maximum atomic E-state index is 12.7. The third-order valence-electron chi connectivity index (χ3n) is 5.98. The highest BCUT2D eigenvalue weighted by atomic mass is 16.2. The Morgan fingerprint density at radius 2 is 1.48 bits per heavy atom. The largest absolute Gasteiger partial charge is 0.342 e. The lowest BCUT2D eigenvalue weighted by Gasteiger charge is -2.36. The summed E-state index contributed by atoms with van der Waals surface area (Å²) in [7, 11) is 0. The van der Waals surface area contributed by atoms with Gasteiger partial charge >= 0.3 is 0 Å². The van der Waals surface area contributed by atoms with Crippen LogP contribution in [0.25, 0.3) is 0 Å². The van der Waals surface area contributed by atoms with Gasteiger partial charge in [-0.3, -0.25) is 9.59 Å². The van der Waals surface area contributed by atoms with Crippen LogP contribution in [-0.2, 0) is 4.79 Å². The number of amides is 2. The van der Waals surface area contributed by atoms with Gasteiger partial charge in [-0.1, -0.05) is 13.0 Å². The maximum Gasteiger partial charge on any atom is 0.253 e. The second-order valence-electron chi connectivity index (χ2n) is 7.87. The molecule has 2 amide bonds. The highest BCUT2D eigenvalue weighted by Gasteiger charge is 2.31. The van der Waals surface area contributed by atoms with Crippen LogP contribution in [-0.4, -0.2) is 47.8 Å². The van der Waals surface area contributed by atoms with Crippen molar-refractivity contribution < 1.29 is 9.59 Å². The van der Waals surface area contributed by atoms with Crippen molar-refractivity contribution in [2.45, 2.75) is 46.5 Å². The number of piperidine rings is 2. The Hall–Kier alpha value is -1.84. The predicted molar refractivity (Wildman–Crippen MR) is 99.5 cm³/mol. The average Bonchev–Trinajstić information content (AvgIpc) is 2.63. The maximum absolute atomic E-state index is 12.7. The minimum Gasteiger partial charge on any atom is -0.342 e. The molecule has 2 fully saturated rings. The molecule has 0 bridgehead atoms. The number of hydrogen-bond acceptors (Lipinski definition) is 2. The summed E-state index contributed by atoms with van der Waals surface area (Å²) in [5.74, 6) is 1.24. The molecule has 0 atom stereocenters. The topological polar surface area (TPSA) is 40.6 Å². The summed E-state index contributed by atoms with van der Waals surface area (Å²) in [6.07, 6.45) is 3.83. The molecule has 2 saturated heterocycles. The van der Waals surface area contributed by atoms with Gasteiger partial charge in [0.1, 0.15) is 0 Å². The summed E-state index contributed by atoms with van der Waals surface area (Å²) < 4.78 is 0. The molecule has 136 valence electrons. The van der Waals surface area contributed by atoms with Crippen LogP contribution in [0.1, 0.15) is 54.1 Å². The van der Waals surface area contributed by atoms with Crippen molar-refractivity contribution in [3.8, 4) is 0 Å². The molecular weight excluding hydrogens is 312 g/mol. The van der Waals surface area contributed by atoms with Gasteiger partial charge in [0.05, 0.1) is 0 Å². The van der Waals surface area contributed by atoms with E-state index in [1.807, 2.05) is 34.9 Å². The minimum atomic E-state index is 0.0946. The first-order chi connectivity index (χ1) is 12.0. The van der Waals surface area contributed by atoms with Gasteiger partial charge in [-0.15, -0.1) is 0 Å². The number of nitrogens with zero attached hydrogens (tertiary/aromatic N) is 2. The van der Waals surface area contributed by atoms with Crippen LogP contribution < -0.4 is 0 Å². The van der Waals surface area contributed by atoms with Gasteiger partial charge in [-0.05, 0) is 68.7 Å². The molecule has 0 saturated carbocycles. The van der Waals surface area contributed by atoms with Crippen molar-refractivity contribution in [1.29, 1.82) is 0 Å². The molecule has 25 heavy (non-hydrogen) atoms. The fourth-order valence-corrected chi connectivity index (χ4v) is 3.87. The SMILES string of the molecule is Cc1ccc(C(=O)N2CCC(C(=O)N3CCC(C)CC3)CC2)cc1C. The van der Waals surface area contributed by atoms with Crippen LogP contribution in [0.2, 0.25) is 0 Å². The Kier molecular flexibility index (Phi) is 5.45. The smallest absolute Gasteiger partial charge is 0.253 e. The summed E-state index contributed by atoms with van der Waals surface area (Å²) in [5.41, 5.74) is 3.12. The molecular formula is C21H30N2O2. The number of benzene rings is 1. The van der Waals surface area contributed by atoms with Crippen molar-refractivity contribution in [3.63, 3.8) is 0 Å². The van der Waals surface area contributed by atoms with Crippen LogP contribution >= 0.6 is 0 Å². The van der Waals surface area contributed by atoms with Crippen molar-refractivity contribution in [2.75, 3.05) is 26.2 Å². The van der Waals surface area contributed by atoms with E-state index in [2.05, 4.69) is 13.8 Å². The number of likely N-dealkylation sites (tertiary alicyclic amines) is 2. The molecule has 3 rings (SSSR count). The first-order valence-corrected chi connectivity index (χ1v) is 9.61. The van der Waals surface area contributed by atoms with Crippen LogP contribution in [0.3, 0.4) is 0 Å². The van der Waals surface area contributed by atoms with Crippen LogP contribution in [0.4, 0.5) is 0 Å². The van der Waals surface area contributed by atoms with E-state index in [1.54, 1.807) is 0 Å². The van der Waals surface area contributed by atoms with E-state index in [4.69, 9.17) is 0 Å². The quantitative estimate of drug-likeness (QED) is 0.826. The molecule has 0 spiro atoms. The van der Waals surface area contributed by atoms with E-state index in [1.165, 1.54) is 5.56 Å². The first-order valence-electron chi connectivity index (χ1n) is 9.61. The monoisotopic (exact) mass is 342 g/mol. The molecule has 0 aromatic heterocycles. The van der Waals surface area contributed by atoms with Gasteiger partial charge in [0.15, 0.2) is 0 Å². The Bertz CT molecular complexity index is 639. The molecule has 0 aliphatic carbocycles. The zero-order valence-electron chi connectivity index (χ0n) is 15.8. The van der Waals surface area contributed by atoms with E-state index in [0.717, 1.165) is 55.8 Å². The molecule has 4 heteroatoms. The Morgan fingerprint density at radius 3 is 2.08 bits per heavy atom. The highest BCUT2D eigenvalue weighted by Crippen LogP contribution is 2.24. The van der Waals surface area contributed by atoms with Crippen molar-refractivity contribution in [2.24, 2.45) is 11.8 Å². The summed E-state index contributed by atoms with van der Waals surface area (Å²) in [6, 6.07) is 5.90. The van der Waals surface area contributed by atoms with E-state index in [0.29, 0.717) is 19.0 Å². The van der Waals surface area contributed by atoms with Crippen LogP contribution in [0.15, 0.2) is 18.2 Å². The summed E-state index contributed by atoms with van der Waals surface area (Å²) in [4.78, 5) is 29.4. The molecule has 2 heterocycles. The molecule has 1 aromatic carbocycles. The second-order valence-corrected chi connectivity index (χ2v) is 7.87. The fourth-order valence-electron chi connectivity index (χ4n) is 3.87. The van der Waals surface area contributed by atoms with E-state index in [9.17, 15) is 9.59 Å². The van der Waals surface area contributed by atoms with Crippen molar-refractivity contribution in [3.05, 3.63) is 34.9 Å². The molecule has 0 unspecified atom stereocenters. The molecule has 2 aliphatic rings. The number of rotatable bonds is 2. The van der Waals surface area contributed by atoms with E-state index in [-0.39, 0.29) is 11.8 Å².